The van der Waals surface area contributed by atoms with E-state index in [1.54, 1.807) is 0 Å². The number of aromatic nitrogens is 3. The minimum Gasteiger partial charge on any atom is -0.457 e. The predicted octanol–water partition coefficient (Wildman–Crippen LogP) is 10.8. The molecule has 1 aliphatic heterocycles. The van der Waals surface area contributed by atoms with Crippen molar-refractivity contribution in [2.45, 2.75) is 47.0 Å². The molecule has 1 aliphatic rings. The molecule has 0 aliphatic carbocycles. The molecular weight excluding hydrogens is 590 g/mol. The van der Waals surface area contributed by atoms with Gasteiger partial charge in [-0.2, -0.15) is 0 Å². The largest absolute Gasteiger partial charge is 0.457 e. The minimum atomic E-state index is 0.0104. The molecule has 7 aromatic rings. The molecule has 6 nitrogen and oxygen atoms in total. The molecule has 4 heterocycles. The van der Waals surface area contributed by atoms with Crippen molar-refractivity contribution in [3.05, 3.63) is 138 Å². The van der Waals surface area contributed by atoms with Gasteiger partial charge in [-0.1, -0.05) is 62.7 Å². The van der Waals surface area contributed by atoms with Crippen LogP contribution in [0, 0.1) is 20.8 Å². The summed E-state index contributed by atoms with van der Waals surface area (Å²) >= 11 is 0. The Labute approximate surface area is 281 Å². The molecule has 3 aromatic heterocycles. The summed E-state index contributed by atoms with van der Waals surface area (Å²) in [6.07, 6.45) is 5.74. The van der Waals surface area contributed by atoms with Gasteiger partial charge in [0.05, 0.1) is 28.6 Å². The highest BCUT2D eigenvalue weighted by molar-refractivity contribution is 6.09. The van der Waals surface area contributed by atoms with Gasteiger partial charge in [0.1, 0.15) is 24.0 Å². The first-order valence-electron chi connectivity index (χ1n) is 16.5. The highest BCUT2D eigenvalue weighted by Crippen LogP contribution is 2.46. The number of hydrogen-bond donors (Lipinski definition) is 0. The number of ether oxygens (including phenoxy) is 1. The first kappa shape index (κ1) is 29.8. The van der Waals surface area contributed by atoms with E-state index in [-0.39, 0.29) is 5.41 Å². The lowest BCUT2D eigenvalue weighted by atomic mass is 9.88. The fraction of sp³-hybridized carbons (Fsp3) is 0.190. The van der Waals surface area contributed by atoms with Crippen molar-refractivity contribution in [2.75, 3.05) is 16.5 Å². The second kappa shape index (κ2) is 11.3. The zero-order valence-electron chi connectivity index (χ0n) is 28.3. The van der Waals surface area contributed by atoms with Crippen molar-refractivity contribution in [1.29, 1.82) is 0 Å². The second-order valence-corrected chi connectivity index (χ2v) is 13.9. The molecule has 48 heavy (non-hydrogen) atoms. The highest BCUT2D eigenvalue weighted by Gasteiger charge is 2.30. The van der Waals surface area contributed by atoms with E-state index in [2.05, 4.69) is 152 Å². The maximum absolute atomic E-state index is 6.61. The van der Waals surface area contributed by atoms with Gasteiger partial charge in [0, 0.05) is 46.7 Å². The molecule has 238 valence electrons. The van der Waals surface area contributed by atoms with Crippen LogP contribution in [0.5, 0.6) is 11.5 Å². The third kappa shape index (κ3) is 5.05. The number of hydrogen-bond acceptors (Lipinski definition) is 5. The van der Waals surface area contributed by atoms with Gasteiger partial charge in [-0.3, -0.25) is 9.55 Å². The number of nitrogens with zero attached hydrogens (tertiary/aromatic N) is 5. The monoisotopic (exact) mass is 629 g/mol. The van der Waals surface area contributed by atoms with Crippen LogP contribution in [-0.4, -0.2) is 21.2 Å². The standard InChI is InChI=1S/C42H39N5O/c1-27-20-28(2)41(29(3)21-27)46-26-45(39-25-43-18-17-37(39)46)31-10-9-11-32(23-31)48-33-14-15-35-34-12-7-8-13-36(34)47(38(35)24-33)40-22-30(16-19-44-40)42(4,5)6/h7-25H,26H2,1-6H3. The van der Waals surface area contributed by atoms with E-state index in [0.29, 0.717) is 6.67 Å². The summed E-state index contributed by atoms with van der Waals surface area (Å²) in [5, 5.41) is 2.35. The molecule has 4 aromatic carbocycles. The van der Waals surface area contributed by atoms with Crippen LogP contribution in [0.1, 0.15) is 43.0 Å². The van der Waals surface area contributed by atoms with E-state index in [9.17, 15) is 0 Å². The van der Waals surface area contributed by atoms with Crippen LogP contribution in [0.25, 0.3) is 27.6 Å². The molecule has 0 unspecified atom stereocenters. The first-order chi connectivity index (χ1) is 23.2. The van der Waals surface area contributed by atoms with Gasteiger partial charge in [0.2, 0.25) is 0 Å². The maximum Gasteiger partial charge on any atom is 0.137 e. The summed E-state index contributed by atoms with van der Waals surface area (Å²) in [6.45, 7) is 13.9. The molecule has 0 saturated carbocycles. The average molecular weight is 630 g/mol. The fourth-order valence-corrected chi connectivity index (χ4v) is 7.24. The van der Waals surface area contributed by atoms with Crippen LogP contribution >= 0.6 is 0 Å². The lowest BCUT2D eigenvalue weighted by molar-refractivity contribution is 0.483. The Kier molecular flexibility index (Phi) is 6.99. The van der Waals surface area contributed by atoms with Gasteiger partial charge in [-0.25, -0.2) is 4.98 Å². The van der Waals surface area contributed by atoms with Crippen molar-refractivity contribution in [3.63, 3.8) is 0 Å². The summed E-state index contributed by atoms with van der Waals surface area (Å²) in [7, 11) is 0. The van der Waals surface area contributed by atoms with Crippen LogP contribution in [0.2, 0.25) is 0 Å². The molecule has 8 rings (SSSR count). The van der Waals surface area contributed by atoms with Crippen LogP contribution in [-0.2, 0) is 5.41 Å². The van der Waals surface area contributed by atoms with Gasteiger partial charge in [0.25, 0.3) is 0 Å². The Balaban J connectivity index is 1.16. The lowest BCUT2D eigenvalue weighted by Crippen LogP contribution is -2.25. The lowest BCUT2D eigenvalue weighted by Gasteiger charge is -2.25. The van der Waals surface area contributed by atoms with Crippen molar-refractivity contribution >= 4 is 44.6 Å². The van der Waals surface area contributed by atoms with Crippen LogP contribution in [0.4, 0.5) is 22.7 Å². The quantitative estimate of drug-likeness (QED) is 0.190. The third-order valence-electron chi connectivity index (χ3n) is 9.40. The van der Waals surface area contributed by atoms with Crippen LogP contribution in [0.15, 0.2) is 116 Å². The molecule has 0 radical (unpaired) electrons. The van der Waals surface area contributed by atoms with Crippen LogP contribution < -0.4 is 14.5 Å². The Morgan fingerprint density at radius 3 is 2.25 bits per heavy atom. The molecule has 0 saturated heterocycles. The average Bonchev–Trinajstić information content (AvgIpc) is 3.60. The number of anilines is 4. The van der Waals surface area contributed by atoms with Crippen molar-refractivity contribution < 1.29 is 4.74 Å². The van der Waals surface area contributed by atoms with E-state index in [4.69, 9.17) is 9.72 Å². The maximum atomic E-state index is 6.61. The van der Waals surface area contributed by atoms with Crippen molar-refractivity contribution in [3.8, 4) is 17.3 Å². The smallest absolute Gasteiger partial charge is 0.137 e. The molecule has 0 atom stereocenters. The van der Waals surface area contributed by atoms with Gasteiger partial charge < -0.3 is 14.5 Å². The van der Waals surface area contributed by atoms with E-state index >= 15 is 0 Å². The van der Waals surface area contributed by atoms with Gasteiger partial charge in [0.15, 0.2) is 0 Å². The fourth-order valence-electron chi connectivity index (χ4n) is 7.24. The van der Waals surface area contributed by atoms with Gasteiger partial charge >= 0.3 is 0 Å². The second-order valence-electron chi connectivity index (χ2n) is 13.9. The van der Waals surface area contributed by atoms with E-state index in [0.717, 1.165) is 50.8 Å². The highest BCUT2D eigenvalue weighted by atomic mass is 16.5. The Hall–Kier alpha value is -5.62. The molecule has 0 spiro atoms. The number of benzene rings is 4. The number of pyridine rings is 2. The van der Waals surface area contributed by atoms with E-state index in [1.807, 2.05) is 24.7 Å². The Morgan fingerprint density at radius 1 is 0.667 bits per heavy atom. The Bertz CT molecular complexity index is 2320. The van der Waals surface area contributed by atoms with Gasteiger partial charge in [-0.15, -0.1) is 0 Å². The zero-order valence-corrected chi connectivity index (χ0v) is 28.3. The summed E-state index contributed by atoms with van der Waals surface area (Å²) in [4.78, 5) is 14.0. The molecule has 0 amide bonds. The summed E-state index contributed by atoms with van der Waals surface area (Å²) < 4.78 is 8.86. The molecule has 0 bridgehead atoms. The summed E-state index contributed by atoms with van der Waals surface area (Å²) in [5.41, 5.74) is 11.8. The van der Waals surface area contributed by atoms with E-state index in [1.165, 1.54) is 33.3 Å². The van der Waals surface area contributed by atoms with Crippen molar-refractivity contribution in [2.24, 2.45) is 0 Å². The predicted molar refractivity (Wildman–Crippen MR) is 198 cm³/mol. The van der Waals surface area contributed by atoms with Crippen molar-refractivity contribution in [1.82, 2.24) is 14.5 Å². The molecular formula is C42H39N5O. The number of fused-ring (bicyclic) bond motifs is 4. The van der Waals surface area contributed by atoms with E-state index < -0.39 is 0 Å². The normalized spacial score (nSPS) is 13.0. The first-order valence-corrected chi connectivity index (χ1v) is 16.5. The minimum absolute atomic E-state index is 0.0104. The third-order valence-corrected chi connectivity index (χ3v) is 9.40. The van der Waals surface area contributed by atoms with Gasteiger partial charge in [-0.05, 0) is 91.4 Å². The number of para-hydroxylation sites is 1. The molecule has 0 N–H and O–H groups in total. The zero-order chi connectivity index (χ0) is 33.2. The SMILES string of the molecule is Cc1cc(C)c(N2CN(c3cccc(Oc4ccc5c6ccccc6n(-c6cc(C(C)(C)C)ccn6)c5c4)c3)c3cnccc32)c(C)c1. The summed E-state index contributed by atoms with van der Waals surface area (Å²) in [5.74, 6) is 2.44. The Morgan fingerprint density at radius 2 is 1.44 bits per heavy atom. The number of rotatable bonds is 5. The summed E-state index contributed by atoms with van der Waals surface area (Å²) in [6, 6.07) is 34.1. The van der Waals surface area contributed by atoms with Crippen LogP contribution in [0.3, 0.4) is 0 Å². The topological polar surface area (TPSA) is 46.4 Å². The molecule has 6 heteroatoms. The molecule has 0 fully saturated rings. The number of aryl methyl sites for hydroxylation is 3.